The molecular formula is C26H34FN9O. The molecule has 2 aliphatic rings. The van der Waals surface area contributed by atoms with Crippen LogP contribution in [0.3, 0.4) is 0 Å². The van der Waals surface area contributed by atoms with Crippen molar-refractivity contribution in [3.63, 3.8) is 0 Å². The number of anilines is 4. The quantitative estimate of drug-likeness (QED) is 0.472. The van der Waals surface area contributed by atoms with E-state index in [2.05, 4.69) is 61.1 Å². The highest BCUT2D eigenvalue weighted by atomic mass is 19.1. The van der Waals surface area contributed by atoms with E-state index in [0.29, 0.717) is 17.0 Å². The molecule has 0 saturated carbocycles. The number of likely N-dealkylation sites (tertiary alicyclic amines) is 1. The lowest BCUT2D eigenvalue weighted by Crippen LogP contribution is -2.44. The summed E-state index contributed by atoms with van der Waals surface area (Å²) in [5.41, 5.74) is 3.34. The summed E-state index contributed by atoms with van der Waals surface area (Å²) >= 11 is 0. The molecule has 2 aliphatic heterocycles. The zero-order chi connectivity index (χ0) is 26.1. The number of fused-ring (bicyclic) bond motifs is 1. The van der Waals surface area contributed by atoms with Gasteiger partial charge in [0.2, 0.25) is 11.9 Å². The molecule has 0 spiro atoms. The first kappa shape index (κ1) is 24.9. The van der Waals surface area contributed by atoms with Gasteiger partial charge in [0.1, 0.15) is 6.17 Å². The predicted octanol–water partition coefficient (Wildman–Crippen LogP) is 3.05. The molecule has 196 valence electrons. The Balaban J connectivity index is 1.40. The smallest absolute Gasteiger partial charge is 0.246 e. The standard InChI is InChI=1S/C26H34FN9O/c1-5-22(37)35-14-20(27)21(15-35)30-26-31-24(23-25(32-26)36(16-28-23)17(2)3)29-18-6-8-19(9-7-18)34-12-10-33(4)11-13-34/h5-9,16-17,20-21H,1,10-15H2,2-4H3,(H2,29,30,31,32). The lowest BCUT2D eigenvalue weighted by Gasteiger charge is -2.34. The molecule has 2 unspecified atom stereocenters. The number of nitrogens with one attached hydrogen (secondary N) is 2. The molecule has 2 atom stereocenters. The van der Waals surface area contributed by atoms with Crippen LogP contribution >= 0.6 is 0 Å². The van der Waals surface area contributed by atoms with Crippen molar-refractivity contribution in [1.29, 1.82) is 0 Å². The molecule has 2 aromatic heterocycles. The Morgan fingerprint density at radius 3 is 2.54 bits per heavy atom. The minimum absolute atomic E-state index is 0.0133. The summed E-state index contributed by atoms with van der Waals surface area (Å²) in [5.74, 6) is 0.530. The molecule has 5 rings (SSSR count). The second-order valence-corrected chi connectivity index (χ2v) is 9.99. The number of carbonyl (C=O) groups excluding carboxylic acids is 1. The number of benzene rings is 1. The van der Waals surface area contributed by atoms with E-state index in [9.17, 15) is 9.18 Å². The van der Waals surface area contributed by atoms with Gasteiger partial charge in [-0.3, -0.25) is 4.79 Å². The maximum atomic E-state index is 14.8. The van der Waals surface area contributed by atoms with Crippen LogP contribution in [0.2, 0.25) is 0 Å². The number of amides is 1. The van der Waals surface area contributed by atoms with Crippen LogP contribution in [0.25, 0.3) is 11.2 Å². The second kappa shape index (κ2) is 10.3. The summed E-state index contributed by atoms with van der Waals surface area (Å²) in [4.78, 5) is 32.0. The number of carbonyl (C=O) groups is 1. The van der Waals surface area contributed by atoms with Gasteiger partial charge in [0.05, 0.1) is 18.9 Å². The van der Waals surface area contributed by atoms with E-state index in [-0.39, 0.29) is 31.0 Å². The summed E-state index contributed by atoms with van der Waals surface area (Å²) in [6.07, 6.45) is 1.71. The Kier molecular flexibility index (Phi) is 6.96. The van der Waals surface area contributed by atoms with Gasteiger partial charge in [-0.15, -0.1) is 0 Å². The Morgan fingerprint density at radius 1 is 1.14 bits per heavy atom. The van der Waals surface area contributed by atoms with Gasteiger partial charge in [0.15, 0.2) is 17.0 Å². The third-order valence-electron chi connectivity index (χ3n) is 7.03. The molecule has 4 heterocycles. The number of hydrogen-bond acceptors (Lipinski definition) is 8. The molecule has 10 nitrogen and oxygen atoms in total. The predicted molar refractivity (Wildman–Crippen MR) is 144 cm³/mol. The minimum atomic E-state index is -1.24. The number of imidazole rings is 1. The van der Waals surface area contributed by atoms with Gasteiger partial charge >= 0.3 is 0 Å². The Bertz CT molecular complexity index is 1270. The van der Waals surface area contributed by atoms with E-state index >= 15 is 0 Å². The number of halogens is 1. The average molecular weight is 508 g/mol. The fourth-order valence-corrected chi connectivity index (χ4v) is 4.78. The first-order valence-electron chi connectivity index (χ1n) is 12.7. The summed E-state index contributed by atoms with van der Waals surface area (Å²) < 4.78 is 16.7. The van der Waals surface area contributed by atoms with Gasteiger partial charge in [0.25, 0.3) is 0 Å². The van der Waals surface area contributed by atoms with Crippen LogP contribution < -0.4 is 15.5 Å². The average Bonchev–Trinajstić information content (AvgIpc) is 3.48. The van der Waals surface area contributed by atoms with Gasteiger partial charge in [-0.2, -0.15) is 9.97 Å². The van der Waals surface area contributed by atoms with Gasteiger partial charge in [-0.05, 0) is 51.2 Å². The number of piperazine rings is 1. The summed E-state index contributed by atoms with van der Waals surface area (Å²) in [7, 11) is 2.15. The number of aromatic nitrogens is 4. The Morgan fingerprint density at radius 2 is 1.86 bits per heavy atom. The second-order valence-electron chi connectivity index (χ2n) is 9.99. The highest BCUT2D eigenvalue weighted by molar-refractivity contribution is 5.88. The zero-order valence-corrected chi connectivity index (χ0v) is 21.6. The topological polar surface area (TPSA) is 94.5 Å². The van der Waals surface area contributed by atoms with Crippen LogP contribution in [0.5, 0.6) is 0 Å². The van der Waals surface area contributed by atoms with Gasteiger partial charge in [-0.1, -0.05) is 6.58 Å². The van der Waals surface area contributed by atoms with E-state index in [1.54, 1.807) is 6.33 Å². The SMILES string of the molecule is C=CC(=O)N1CC(F)C(Nc2nc(Nc3ccc(N4CCN(C)CC4)cc3)c3ncn(C(C)C)c3n2)C1. The largest absolute Gasteiger partial charge is 0.369 e. The third-order valence-corrected chi connectivity index (χ3v) is 7.03. The van der Waals surface area contributed by atoms with Crippen molar-refractivity contribution in [3.05, 3.63) is 43.2 Å². The van der Waals surface area contributed by atoms with Crippen LogP contribution in [-0.4, -0.2) is 93.8 Å². The molecule has 11 heteroatoms. The van der Waals surface area contributed by atoms with Crippen molar-refractivity contribution in [1.82, 2.24) is 29.3 Å². The van der Waals surface area contributed by atoms with Gasteiger partial charge < -0.3 is 29.9 Å². The van der Waals surface area contributed by atoms with Crippen molar-refractivity contribution >= 4 is 40.2 Å². The fourth-order valence-electron chi connectivity index (χ4n) is 4.78. The molecular weight excluding hydrogens is 473 g/mol. The normalized spacial score (nSPS) is 20.6. The summed E-state index contributed by atoms with van der Waals surface area (Å²) in [6.45, 7) is 11.9. The molecule has 0 aliphatic carbocycles. The number of likely N-dealkylation sites (N-methyl/N-ethyl adjacent to an activating group) is 1. The van der Waals surface area contributed by atoms with Crippen molar-refractivity contribution in [3.8, 4) is 0 Å². The van der Waals surface area contributed by atoms with E-state index < -0.39 is 12.2 Å². The van der Waals surface area contributed by atoms with Crippen molar-refractivity contribution in [2.24, 2.45) is 0 Å². The molecule has 3 aromatic rings. The Labute approximate surface area is 216 Å². The molecule has 2 fully saturated rings. The van der Waals surface area contributed by atoms with Crippen molar-refractivity contribution in [2.45, 2.75) is 32.1 Å². The zero-order valence-electron chi connectivity index (χ0n) is 21.6. The van der Waals surface area contributed by atoms with Crippen molar-refractivity contribution < 1.29 is 9.18 Å². The first-order valence-corrected chi connectivity index (χ1v) is 12.7. The lowest BCUT2D eigenvalue weighted by atomic mass is 10.2. The summed E-state index contributed by atoms with van der Waals surface area (Å²) in [6, 6.07) is 7.78. The lowest BCUT2D eigenvalue weighted by molar-refractivity contribution is -0.125. The van der Waals surface area contributed by atoms with Crippen LogP contribution in [0.4, 0.5) is 27.5 Å². The van der Waals surface area contributed by atoms with Crippen LogP contribution in [-0.2, 0) is 4.79 Å². The van der Waals surface area contributed by atoms with Crippen LogP contribution in [0.1, 0.15) is 19.9 Å². The van der Waals surface area contributed by atoms with E-state index in [1.807, 2.05) is 30.5 Å². The van der Waals surface area contributed by atoms with Crippen LogP contribution in [0, 0.1) is 0 Å². The summed E-state index contributed by atoms with van der Waals surface area (Å²) in [5, 5.41) is 6.50. The Hall–Kier alpha value is -3.73. The molecule has 1 amide bonds. The molecule has 2 saturated heterocycles. The van der Waals surface area contributed by atoms with E-state index in [4.69, 9.17) is 0 Å². The maximum absolute atomic E-state index is 14.8. The van der Waals surface area contributed by atoms with Gasteiger partial charge in [-0.25, -0.2) is 9.37 Å². The minimum Gasteiger partial charge on any atom is -0.369 e. The maximum Gasteiger partial charge on any atom is 0.246 e. The fraction of sp³-hybridized carbons (Fsp3) is 0.462. The first-order chi connectivity index (χ1) is 17.8. The molecule has 37 heavy (non-hydrogen) atoms. The van der Waals surface area contributed by atoms with E-state index in [1.165, 1.54) is 16.7 Å². The molecule has 0 bridgehead atoms. The van der Waals surface area contributed by atoms with E-state index in [0.717, 1.165) is 31.9 Å². The molecule has 0 radical (unpaired) electrons. The molecule has 1 aromatic carbocycles. The number of hydrogen-bond donors (Lipinski definition) is 2. The monoisotopic (exact) mass is 507 g/mol. The number of nitrogens with zero attached hydrogens (tertiary/aromatic N) is 7. The van der Waals surface area contributed by atoms with Crippen LogP contribution in [0.15, 0.2) is 43.2 Å². The highest BCUT2D eigenvalue weighted by Crippen LogP contribution is 2.28. The number of alkyl halides is 1. The molecule has 2 N–H and O–H groups in total. The van der Waals surface area contributed by atoms with Crippen molar-refractivity contribution in [2.75, 3.05) is 61.8 Å². The number of rotatable bonds is 7. The van der Waals surface area contributed by atoms with Gasteiger partial charge in [0, 0.05) is 50.1 Å². The highest BCUT2D eigenvalue weighted by Gasteiger charge is 2.35. The third kappa shape index (κ3) is 5.22.